The zero-order valence-corrected chi connectivity index (χ0v) is 19.2. The van der Waals surface area contributed by atoms with Crippen molar-refractivity contribution in [2.24, 2.45) is 0 Å². The van der Waals surface area contributed by atoms with Crippen LogP contribution in [0.25, 0.3) is 0 Å². The maximum atomic E-state index is 14.2. The zero-order chi connectivity index (χ0) is 29.0. The van der Waals surface area contributed by atoms with Gasteiger partial charge in [-0.2, -0.15) is 8.78 Å². The van der Waals surface area contributed by atoms with Crippen LogP contribution in [0.4, 0.5) is 31.5 Å². The molecule has 0 bridgehead atoms. The van der Waals surface area contributed by atoms with Crippen molar-refractivity contribution in [3.05, 3.63) is 100 Å². The summed E-state index contributed by atoms with van der Waals surface area (Å²) in [6.07, 6.45) is 0. The van der Waals surface area contributed by atoms with Crippen molar-refractivity contribution in [1.29, 1.82) is 0 Å². The Morgan fingerprint density at radius 3 is 1.38 bits per heavy atom. The Morgan fingerprint density at radius 1 is 0.667 bits per heavy atom. The summed E-state index contributed by atoms with van der Waals surface area (Å²) in [7, 11) is 0. The number of nitro groups is 4. The van der Waals surface area contributed by atoms with E-state index >= 15 is 0 Å². The van der Waals surface area contributed by atoms with Crippen LogP contribution in [0.1, 0.15) is 17.3 Å². The zero-order valence-electron chi connectivity index (χ0n) is 19.2. The third-order valence-electron chi connectivity index (χ3n) is 4.69. The fourth-order valence-corrected chi connectivity index (χ4v) is 3.07. The number of carbonyl (C=O) groups excluding carboxylic acids is 1. The minimum Gasteiger partial charge on any atom is -0.462 e. The van der Waals surface area contributed by atoms with E-state index in [9.17, 15) is 54.0 Å². The summed E-state index contributed by atoms with van der Waals surface area (Å²) in [4.78, 5) is 52.4. The predicted molar refractivity (Wildman–Crippen MR) is 122 cm³/mol. The van der Waals surface area contributed by atoms with Crippen LogP contribution in [0.5, 0.6) is 23.0 Å². The van der Waals surface area contributed by atoms with E-state index in [2.05, 4.69) is 0 Å². The number of esters is 1. The van der Waals surface area contributed by atoms with Crippen LogP contribution in [-0.4, -0.2) is 32.3 Å². The highest BCUT2D eigenvalue weighted by atomic mass is 19.1. The van der Waals surface area contributed by atoms with Crippen LogP contribution in [-0.2, 0) is 4.74 Å². The molecule has 0 amide bonds. The van der Waals surface area contributed by atoms with Crippen LogP contribution in [0.2, 0.25) is 0 Å². The number of benzene rings is 3. The van der Waals surface area contributed by atoms with Crippen LogP contribution in [0.15, 0.2) is 42.5 Å². The summed E-state index contributed by atoms with van der Waals surface area (Å²) in [6, 6.07) is 4.13. The van der Waals surface area contributed by atoms with Crippen molar-refractivity contribution in [3.63, 3.8) is 0 Å². The quantitative estimate of drug-likeness (QED) is 0.177. The number of hydrogen-bond acceptors (Lipinski definition) is 12. The molecule has 3 aromatic rings. The minimum atomic E-state index is -1.49. The number of ether oxygens (including phenoxy) is 3. The van der Waals surface area contributed by atoms with Gasteiger partial charge in [0.2, 0.25) is 23.1 Å². The van der Waals surface area contributed by atoms with Gasteiger partial charge in [-0.05, 0) is 19.1 Å². The summed E-state index contributed by atoms with van der Waals surface area (Å²) in [6.45, 7) is 1.35. The van der Waals surface area contributed by atoms with Crippen LogP contribution >= 0.6 is 0 Å². The molecule has 0 spiro atoms. The van der Waals surface area contributed by atoms with E-state index < -0.39 is 83.0 Å². The smallest absolute Gasteiger partial charge is 0.338 e. The van der Waals surface area contributed by atoms with E-state index in [4.69, 9.17) is 14.2 Å². The molecule has 18 heteroatoms. The lowest BCUT2D eigenvalue weighted by Crippen LogP contribution is -2.06. The first kappa shape index (κ1) is 27.8. The van der Waals surface area contributed by atoms with Gasteiger partial charge in [0.1, 0.15) is 23.6 Å². The molecule has 0 radical (unpaired) electrons. The third-order valence-corrected chi connectivity index (χ3v) is 4.69. The molecule has 0 aliphatic carbocycles. The normalized spacial score (nSPS) is 10.4. The highest BCUT2D eigenvalue weighted by Gasteiger charge is 2.28. The van der Waals surface area contributed by atoms with E-state index in [0.717, 1.165) is 18.2 Å². The van der Waals surface area contributed by atoms with Crippen molar-refractivity contribution in [2.45, 2.75) is 6.92 Å². The number of nitro benzene ring substituents is 4. The van der Waals surface area contributed by atoms with Gasteiger partial charge in [0.15, 0.2) is 0 Å². The molecule has 16 nitrogen and oxygen atoms in total. The van der Waals surface area contributed by atoms with E-state index in [-0.39, 0.29) is 12.2 Å². The van der Waals surface area contributed by atoms with E-state index in [1.807, 2.05) is 0 Å². The summed E-state index contributed by atoms with van der Waals surface area (Å²) in [5.41, 5.74) is -4.84. The van der Waals surface area contributed by atoms with Gasteiger partial charge in [-0.1, -0.05) is 0 Å². The Hall–Kier alpha value is -5.81. The number of rotatable bonds is 10. The summed E-state index contributed by atoms with van der Waals surface area (Å²) in [5.74, 6) is -6.59. The lowest BCUT2D eigenvalue weighted by Gasteiger charge is -2.12. The second kappa shape index (κ2) is 11.1. The topological polar surface area (TPSA) is 217 Å². The van der Waals surface area contributed by atoms with Crippen molar-refractivity contribution >= 4 is 28.7 Å². The lowest BCUT2D eigenvalue weighted by molar-refractivity contribution is -0.396. The van der Waals surface area contributed by atoms with Crippen molar-refractivity contribution in [3.8, 4) is 23.0 Å². The second-order valence-electron chi connectivity index (χ2n) is 7.19. The second-order valence-corrected chi connectivity index (χ2v) is 7.19. The molecule has 0 atom stereocenters. The van der Waals surface area contributed by atoms with Crippen molar-refractivity contribution in [2.75, 3.05) is 6.61 Å². The summed E-state index contributed by atoms with van der Waals surface area (Å²) >= 11 is 0. The molecule has 0 aliphatic rings. The Labute approximate surface area is 213 Å². The molecule has 0 unspecified atom stereocenters. The van der Waals surface area contributed by atoms with Crippen LogP contribution in [0.3, 0.4) is 0 Å². The maximum Gasteiger partial charge on any atom is 0.338 e. The van der Waals surface area contributed by atoms with Gasteiger partial charge in [0, 0.05) is 18.2 Å². The Kier molecular flexibility index (Phi) is 7.88. The van der Waals surface area contributed by atoms with Gasteiger partial charge in [-0.3, -0.25) is 40.5 Å². The fraction of sp³-hybridized carbons (Fsp3) is 0.0952. The minimum absolute atomic E-state index is 0.113. The lowest BCUT2D eigenvalue weighted by atomic mass is 10.2. The molecule has 0 aliphatic heterocycles. The molecule has 0 saturated carbocycles. The number of hydrogen-bond donors (Lipinski definition) is 0. The summed E-state index contributed by atoms with van der Waals surface area (Å²) in [5, 5.41) is 44.7. The average molecular weight is 550 g/mol. The van der Waals surface area contributed by atoms with E-state index in [0.29, 0.717) is 24.3 Å². The van der Waals surface area contributed by atoms with Gasteiger partial charge in [-0.15, -0.1) is 0 Å². The van der Waals surface area contributed by atoms with Crippen LogP contribution in [0, 0.1) is 52.1 Å². The first-order chi connectivity index (χ1) is 18.3. The van der Waals surface area contributed by atoms with E-state index in [1.54, 1.807) is 0 Å². The molecule has 0 saturated heterocycles. The number of nitrogens with zero attached hydrogens (tertiary/aromatic N) is 4. The maximum absolute atomic E-state index is 14.2. The molecule has 202 valence electrons. The van der Waals surface area contributed by atoms with Gasteiger partial charge in [0.25, 0.3) is 0 Å². The number of carbonyl (C=O) groups is 1. The van der Waals surface area contributed by atoms with Gasteiger partial charge >= 0.3 is 28.7 Å². The Bertz CT molecular complexity index is 1440. The first-order valence-electron chi connectivity index (χ1n) is 10.2. The first-order valence-corrected chi connectivity index (χ1v) is 10.2. The predicted octanol–water partition coefficient (Wildman–Crippen LogP) is 5.36. The summed E-state index contributed by atoms with van der Waals surface area (Å²) < 4.78 is 43.8. The van der Waals surface area contributed by atoms with E-state index in [1.165, 1.54) is 6.92 Å². The molecule has 3 rings (SSSR count). The third kappa shape index (κ3) is 6.13. The van der Waals surface area contributed by atoms with Crippen LogP contribution < -0.4 is 9.47 Å². The Morgan fingerprint density at radius 2 is 1.05 bits per heavy atom. The molecule has 0 fully saturated rings. The highest BCUT2D eigenvalue weighted by Crippen LogP contribution is 2.40. The standard InChI is InChI=1S/C21H12F2N4O12/c1-2-37-21(28)10-3-11(38-19-6-13(22)15(24(29)30)8-17(19)26(33)34)5-12(4-10)39-20-7-14(23)16(25(31)32)9-18(20)27(35)36/h3-9H,2H2,1H3. The van der Waals surface area contributed by atoms with Gasteiger partial charge in [0.05, 0.1) is 31.9 Å². The molecule has 0 heterocycles. The molecule has 0 N–H and O–H groups in total. The SMILES string of the molecule is CCOC(=O)c1cc(Oc2cc(F)c([N+](=O)[O-])cc2[N+](=O)[O-])cc(Oc2cc(F)c([N+](=O)[O-])cc2[N+](=O)[O-])c1. The number of halogens is 2. The largest absolute Gasteiger partial charge is 0.462 e. The molecular formula is C21H12F2N4O12. The van der Waals surface area contributed by atoms with Gasteiger partial charge < -0.3 is 14.2 Å². The highest BCUT2D eigenvalue weighted by molar-refractivity contribution is 5.90. The average Bonchev–Trinajstić information content (AvgIpc) is 2.83. The molecule has 0 aromatic heterocycles. The monoisotopic (exact) mass is 550 g/mol. The molecular weight excluding hydrogens is 538 g/mol. The van der Waals surface area contributed by atoms with Crippen molar-refractivity contribution in [1.82, 2.24) is 0 Å². The van der Waals surface area contributed by atoms with Gasteiger partial charge in [-0.25, -0.2) is 4.79 Å². The fourth-order valence-electron chi connectivity index (χ4n) is 3.07. The van der Waals surface area contributed by atoms with Crippen molar-refractivity contribution < 1.29 is 47.5 Å². The molecule has 3 aromatic carbocycles. The molecule has 39 heavy (non-hydrogen) atoms. The Balaban J connectivity index is 2.14.